The van der Waals surface area contributed by atoms with Crippen LogP contribution in [0.15, 0.2) is 30.5 Å². The highest BCUT2D eigenvalue weighted by atomic mass is 16.2. The Kier molecular flexibility index (Phi) is 15.1. The molecule has 5 atom stereocenters. The number of hydrogen-bond acceptors (Lipinski definition) is 6. The van der Waals surface area contributed by atoms with Gasteiger partial charge in [-0.2, -0.15) is 0 Å². The largest absolute Gasteiger partial charge is 0.361 e. The van der Waals surface area contributed by atoms with Crippen molar-refractivity contribution < 1.29 is 28.8 Å². The number of aromatic nitrogens is 1. The maximum atomic E-state index is 14.0. The van der Waals surface area contributed by atoms with E-state index in [-0.39, 0.29) is 43.6 Å². The summed E-state index contributed by atoms with van der Waals surface area (Å²) < 4.78 is 0. The number of carbonyl (C=O) groups excluding carboxylic acids is 6. The Bertz CT molecular complexity index is 1450. The number of hydrogen-bond donors (Lipinski definition) is 7. The van der Waals surface area contributed by atoms with Crippen molar-refractivity contribution in [3.63, 3.8) is 0 Å². The maximum Gasteiger partial charge on any atom is 0.245 e. The van der Waals surface area contributed by atoms with Crippen LogP contribution >= 0.6 is 0 Å². The minimum absolute atomic E-state index is 0.00322. The van der Waals surface area contributed by atoms with Crippen LogP contribution in [0.25, 0.3) is 10.9 Å². The van der Waals surface area contributed by atoms with E-state index < -0.39 is 59.7 Å². The molecule has 0 radical (unpaired) electrons. The molecule has 6 amide bonds. The first-order chi connectivity index (χ1) is 23.3. The second kappa shape index (κ2) is 18.9. The molecule has 7 N–H and O–H groups in total. The fraction of sp³-hybridized carbons (Fsp3) is 0.611. The average Bonchev–Trinajstić information content (AvgIpc) is 3.45. The molecule has 1 fully saturated rings. The van der Waals surface area contributed by atoms with Crippen LogP contribution < -0.4 is 31.9 Å². The van der Waals surface area contributed by atoms with Gasteiger partial charge in [-0.25, -0.2) is 0 Å². The molecule has 0 spiro atoms. The van der Waals surface area contributed by atoms with E-state index in [1.54, 1.807) is 6.20 Å². The van der Waals surface area contributed by atoms with Crippen molar-refractivity contribution in [2.75, 3.05) is 6.54 Å². The van der Waals surface area contributed by atoms with E-state index in [0.717, 1.165) is 35.7 Å². The average molecular weight is 682 g/mol. The van der Waals surface area contributed by atoms with Crippen molar-refractivity contribution in [1.29, 1.82) is 0 Å². The predicted molar refractivity (Wildman–Crippen MR) is 188 cm³/mol. The molecule has 1 aliphatic rings. The van der Waals surface area contributed by atoms with Crippen LogP contribution in [0.2, 0.25) is 0 Å². The summed E-state index contributed by atoms with van der Waals surface area (Å²) >= 11 is 0. The monoisotopic (exact) mass is 681 g/mol. The van der Waals surface area contributed by atoms with E-state index in [1.165, 1.54) is 6.92 Å². The molecule has 1 aliphatic heterocycles. The zero-order valence-corrected chi connectivity index (χ0v) is 29.7. The van der Waals surface area contributed by atoms with E-state index in [4.69, 9.17) is 0 Å². The second-order valence-electron chi connectivity index (χ2n) is 13.9. The van der Waals surface area contributed by atoms with Crippen LogP contribution in [-0.4, -0.2) is 77.2 Å². The number of benzene rings is 1. The Balaban J connectivity index is 2.01. The molecule has 0 unspecified atom stereocenters. The van der Waals surface area contributed by atoms with Crippen molar-refractivity contribution in [1.82, 2.24) is 36.9 Å². The topological polar surface area (TPSA) is 190 Å². The summed E-state index contributed by atoms with van der Waals surface area (Å²) in [7, 11) is 0. The number of fused-ring (bicyclic) bond motifs is 1. The second-order valence-corrected chi connectivity index (χ2v) is 13.9. The van der Waals surface area contributed by atoms with Gasteiger partial charge in [-0.15, -0.1) is 0 Å². The Labute approximate surface area is 289 Å². The number of para-hydroxylation sites is 1. The number of aromatic amines is 1. The molecular formula is C36H55N7O6. The number of rotatable bonds is 12. The van der Waals surface area contributed by atoms with Crippen LogP contribution in [0.1, 0.15) is 92.1 Å². The summed E-state index contributed by atoms with van der Waals surface area (Å²) in [5, 5.41) is 17.4. The molecule has 270 valence electrons. The summed E-state index contributed by atoms with van der Waals surface area (Å²) in [6.07, 6.45) is 6.12. The first-order valence-electron chi connectivity index (χ1n) is 17.6. The van der Waals surface area contributed by atoms with Gasteiger partial charge in [0.2, 0.25) is 35.4 Å². The van der Waals surface area contributed by atoms with E-state index in [1.807, 2.05) is 52.0 Å². The standard InChI is InChI=1S/C36H55N7O6/c1-7-8-9-10-15-31(44)40-30-20-38-33(46)27(16-21(2)3)41-32(45)23(6)39-34(47)28(17-22(4)5)42-35(48)29(43-36(30)49)18-24-19-37-26-14-12-11-13-25(24)26/h11-14,19,21-23,27-30,37H,7-10,15-18,20H2,1-6H3,(H,38,46)(H,39,47)(H,40,44)(H,41,45)(H,42,48)(H,43,49)/t23-,27-,28-,29-,30-/m1/s1. The van der Waals surface area contributed by atoms with Gasteiger partial charge in [0.05, 0.1) is 0 Å². The Hall–Kier alpha value is -4.42. The summed E-state index contributed by atoms with van der Waals surface area (Å²) in [4.78, 5) is 84.2. The third-order valence-electron chi connectivity index (χ3n) is 8.55. The van der Waals surface area contributed by atoms with E-state index in [2.05, 4.69) is 43.8 Å². The number of H-pyrrole nitrogens is 1. The van der Waals surface area contributed by atoms with E-state index >= 15 is 0 Å². The summed E-state index contributed by atoms with van der Waals surface area (Å²) in [6.45, 7) is 11.0. The van der Waals surface area contributed by atoms with Gasteiger partial charge in [0, 0.05) is 36.5 Å². The lowest BCUT2D eigenvalue weighted by Crippen LogP contribution is -2.61. The van der Waals surface area contributed by atoms with Gasteiger partial charge in [-0.05, 0) is 49.7 Å². The van der Waals surface area contributed by atoms with Crippen molar-refractivity contribution in [3.05, 3.63) is 36.0 Å². The van der Waals surface area contributed by atoms with Gasteiger partial charge in [-0.3, -0.25) is 28.8 Å². The van der Waals surface area contributed by atoms with Gasteiger partial charge >= 0.3 is 0 Å². The number of nitrogens with one attached hydrogen (secondary N) is 7. The highest BCUT2D eigenvalue weighted by Crippen LogP contribution is 2.20. The SMILES string of the molecule is CCCCCCC(=O)N[C@@H]1CNC(=O)[C@@H](CC(C)C)NC(=O)[C@@H](C)NC(=O)[C@@H](CC(C)C)NC(=O)[C@@H](Cc2c[nH]c3ccccc23)NC1=O. The fourth-order valence-corrected chi connectivity index (χ4v) is 5.87. The molecule has 0 saturated carbocycles. The molecular weight excluding hydrogens is 626 g/mol. The quantitative estimate of drug-likeness (QED) is 0.168. The highest BCUT2D eigenvalue weighted by Gasteiger charge is 2.33. The van der Waals surface area contributed by atoms with Crippen LogP contribution in [0.5, 0.6) is 0 Å². The highest BCUT2D eigenvalue weighted by molar-refractivity contribution is 5.97. The van der Waals surface area contributed by atoms with Crippen molar-refractivity contribution in [2.24, 2.45) is 11.8 Å². The molecule has 13 heteroatoms. The molecule has 0 bridgehead atoms. The molecule has 3 rings (SSSR count). The Morgan fingerprint density at radius 3 is 2.06 bits per heavy atom. The lowest BCUT2D eigenvalue weighted by molar-refractivity contribution is -0.136. The maximum absolute atomic E-state index is 14.0. The van der Waals surface area contributed by atoms with Crippen LogP contribution in [0.3, 0.4) is 0 Å². The lowest BCUT2D eigenvalue weighted by Gasteiger charge is -2.28. The van der Waals surface area contributed by atoms with Gasteiger partial charge in [-0.1, -0.05) is 72.1 Å². The smallest absolute Gasteiger partial charge is 0.245 e. The minimum atomic E-state index is -1.21. The van der Waals surface area contributed by atoms with Crippen molar-refractivity contribution in [2.45, 2.75) is 123 Å². The number of unbranched alkanes of at least 4 members (excludes halogenated alkanes) is 3. The first kappa shape index (κ1) is 39.0. The molecule has 0 aliphatic carbocycles. The zero-order valence-electron chi connectivity index (χ0n) is 29.7. The predicted octanol–water partition coefficient (Wildman–Crippen LogP) is 2.35. The minimum Gasteiger partial charge on any atom is -0.361 e. The third kappa shape index (κ3) is 12.2. The summed E-state index contributed by atoms with van der Waals surface area (Å²) in [5.74, 6) is -3.25. The van der Waals surface area contributed by atoms with Crippen LogP contribution in [-0.2, 0) is 35.2 Å². The Morgan fingerprint density at radius 1 is 0.776 bits per heavy atom. The summed E-state index contributed by atoms with van der Waals surface area (Å²) in [6, 6.07) is 2.25. The van der Waals surface area contributed by atoms with Crippen molar-refractivity contribution >= 4 is 46.3 Å². The van der Waals surface area contributed by atoms with E-state index in [0.29, 0.717) is 12.8 Å². The molecule has 49 heavy (non-hydrogen) atoms. The van der Waals surface area contributed by atoms with E-state index in [9.17, 15) is 28.8 Å². The lowest BCUT2D eigenvalue weighted by atomic mass is 10.00. The van der Waals surface area contributed by atoms with Gasteiger partial charge in [0.1, 0.15) is 30.2 Å². The van der Waals surface area contributed by atoms with Gasteiger partial charge < -0.3 is 36.9 Å². The fourth-order valence-electron chi connectivity index (χ4n) is 5.87. The molecule has 13 nitrogen and oxygen atoms in total. The molecule has 1 saturated heterocycles. The molecule has 1 aromatic carbocycles. The normalized spacial score (nSPS) is 23.1. The van der Waals surface area contributed by atoms with Gasteiger partial charge in [0.15, 0.2) is 0 Å². The number of carbonyl (C=O) groups is 6. The first-order valence-corrected chi connectivity index (χ1v) is 17.6. The molecule has 2 heterocycles. The Morgan fingerprint density at radius 2 is 1.39 bits per heavy atom. The zero-order chi connectivity index (χ0) is 36.1. The van der Waals surface area contributed by atoms with Gasteiger partial charge in [0.25, 0.3) is 0 Å². The van der Waals surface area contributed by atoms with Crippen LogP contribution in [0, 0.1) is 11.8 Å². The third-order valence-corrected chi connectivity index (χ3v) is 8.55. The molecule has 1 aromatic heterocycles. The molecule has 2 aromatic rings. The summed E-state index contributed by atoms with van der Waals surface area (Å²) in [5.41, 5.74) is 1.62. The van der Waals surface area contributed by atoms with Crippen LogP contribution in [0.4, 0.5) is 0 Å². The van der Waals surface area contributed by atoms with Crippen molar-refractivity contribution in [3.8, 4) is 0 Å². The number of amides is 6.